The van der Waals surface area contributed by atoms with Crippen molar-refractivity contribution >= 4 is 27.5 Å². The van der Waals surface area contributed by atoms with Gasteiger partial charge in [-0.15, -0.1) is 0 Å². The molecule has 11 heteroatoms. The van der Waals surface area contributed by atoms with Crippen LogP contribution in [0.3, 0.4) is 0 Å². The maximum Gasteiger partial charge on any atom is 0.276 e. The van der Waals surface area contributed by atoms with Gasteiger partial charge in [0.25, 0.3) is 11.5 Å². The third kappa shape index (κ3) is 5.42. The molecule has 3 rings (SSSR count). The Kier molecular flexibility index (Phi) is 6.94. The van der Waals surface area contributed by atoms with Crippen LogP contribution < -0.4 is 15.6 Å². The monoisotopic (exact) mass is 525 g/mol. The summed E-state index contributed by atoms with van der Waals surface area (Å²) in [7, 11) is 0. The van der Waals surface area contributed by atoms with Crippen LogP contribution >= 0.6 is 15.9 Å². The average Bonchev–Trinajstić information content (AvgIpc) is 2.72. The lowest BCUT2D eigenvalue weighted by Gasteiger charge is -2.18. The first kappa shape index (κ1) is 24.5. The Morgan fingerprint density at radius 1 is 1.18 bits per heavy atom. The van der Waals surface area contributed by atoms with Crippen LogP contribution in [0.15, 0.2) is 45.7 Å². The molecule has 1 amide bonds. The van der Waals surface area contributed by atoms with Crippen molar-refractivity contribution in [2.75, 3.05) is 5.32 Å². The minimum absolute atomic E-state index is 0.0441. The van der Waals surface area contributed by atoms with Crippen molar-refractivity contribution in [2.24, 2.45) is 0 Å². The lowest BCUT2D eigenvalue weighted by atomic mass is 10.1. The number of anilines is 1. The van der Waals surface area contributed by atoms with Crippen LogP contribution in [0.25, 0.3) is 5.69 Å². The molecule has 0 aliphatic carbocycles. The molecule has 0 radical (unpaired) electrons. The molecule has 1 aromatic heterocycles. The number of aliphatic hydroxyl groups is 1. The average molecular weight is 526 g/mol. The molecule has 0 fully saturated rings. The van der Waals surface area contributed by atoms with Crippen molar-refractivity contribution < 1.29 is 27.8 Å². The number of hydrogen-bond acceptors (Lipinski definition) is 5. The smallest absolute Gasteiger partial charge is 0.276 e. The molecule has 2 aromatic carbocycles. The molecule has 7 nitrogen and oxygen atoms in total. The topological polar surface area (TPSA) is 93.5 Å². The van der Waals surface area contributed by atoms with Crippen LogP contribution in [-0.4, -0.2) is 26.2 Å². The van der Waals surface area contributed by atoms with Crippen molar-refractivity contribution in [3.8, 4) is 11.6 Å². The molecule has 0 saturated carbocycles. The van der Waals surface area contributed by atoms with Crippen molar-refractivity contribution in [2.45, 2.75) is 33.0 Å². The van der Waals surface area contributed by atoms with E-state index in [1.807, 2.05) is 0 Å². The fraction of sp³-hybridized carbons (Fsp3) is 0.227. The van der Waals surface area contributed by atoms with E-state index >= 15 is 0 Å². The predicted octanol–water partition coefficient (Wildman–Crippen LogP) is 4.01. The van der Waals surface area contributed by atoms with Gasteiger partial charge in [-0.1, -0.05) is 0 Å². The number of rotatable bonds is 6. The van der Waals surface area contributed by atoms with Gasteiger partial charge in [-0.3, -0.25) is 14.2 Å². The first-order chi connectivity index (χ1) is 15.4. The van der Waals surface area contributed by atoms with Gasteiger partial charge in [-0.2, -0.15) is 4.98 Å². The number of hydrogen-bond donors (Lipinski definition) is 2. The van der Waals surface area contributed by atoms with E-state index in [0.29, 0.717) is 6.07 Å². The molecule has 0 aliphatic heterocycles. The summed E-state index contributed by atoms with van der Waals surface area (Å²) in [6.45, 7) is 3.69. The molecule has 0 unspecified atom stereocenters. The van der Waals surface area contributed by atoms with E-state index in [4.69, 9.17) is 4.74 Å². The van der Waals surface area contributed by atoms with Crippen LogP contribution in [0.5, 0.6) is 5.88 Å². The van der Waals surface area contributed by atoms with Crippen molar-refractivity contribution in [1.82, 2.24) is 9.55 Å². The zero-order chi connectivity index (χ0) is 24.5. The van der Waals surface area contributed by atoms with Crippen molar-refractivity contribution in [1.29, 1.82) is 0 Å². The molecule has 0 bridgehead atoms. The minimum atomic E-state index is -1.67. The number of ether oxygens (including phenoxy) is 1. The highest BCUT2D eigenvalue weighted by molar-refractivity contribution is 9.10. The summed E-state index contributed by atoms with van der Waals surface area (Å²) in [5.41, 5.74) is -2.40. The Balaban J connectivity index is 1.95. The molecule has 0 aliphatic rings. The molecule has 0 atom stereocenters. The fourth-order valence-electron chi connectivity index (χ4n) is 2.79. The van der Waals surface area contributed by atoms with Crippen LogP contribution in [0.1, 0.15) is 25.2 Å². The highest BCUT2D eigenvalue weighted by atomic mass is 79.9. The lowest BCUT2D eigenvalue weighted by molar-refractivity contribution is -0.130. The second-order valence-electron chi connectivity index (χ2n) is 7.62. The number of benzene rings is 2. The molecule has 0 saturated heterocycles. The maximum atomic E-state index is 14.6. The Morgan fingerprint density at radius 3 is 2.52 bits per heavy atom. The van der Waals surface area contributed by atoms with Gasteiger partial charge in [0.2, 0.25) is 5.88 Å². The normalized spacial score (nSPS) is 11.4. The van der Waals surface area contributed by atoms with Gasteiger partial charge in [-0.05, 0) is 67.0 Å². The quantitative estimate of drug-likeness (QED) is 0.507. The highest BCUT2D eigenvalue weighted by Gasteiger charge is 2.24. The number of aromatic nitrogens is 2. The first-order valence-electron chi connectivity index (χ1n) is 9.58. The molecule has 0 spiro atoms. The van der Waals surface area contributed by atoms with Crippen LogP contribution in [0, 0.1) is 24.4 Å². The molecular weight excluding hydrogens is 507 g/mol. The number of halogens is 4. The standard InChI is InChI=1S/C22H19BrF3N3O4/c1-11-27-19(33-10-12-4-5-13(24)8-16(12)26)18(23)20(30)29(11)17-9-14(6-7-15(17)25)28-21(31)22(2,3)32/h4-9,32H,10H2,1-3H3,(H,28,31). The van der Waals surface area contributed by atoms with Gasteiger partial charge in [-0.25, -0.2) is 13.2 Å². The fourth-order valence-corrected chi connectivity index (χ4v) is 3.17. The summed E-state index contributed by atoms with van der Waals surface area (Å²) in [5.74, 6) is -3.16. The van der Waals surface area contributed by atoms with E-state index in [1.54, 1.807) is 0 Å². The highest BCUT2D eigenvalue weighted by Crippen LogP contribution is 2.25. The first-order valence-corrected chi connectivity index (χ1v) is 10.4. The predicted molar refractivity (Wildman–Crippen MR) is 118 cm³/mol. The van der Waals surface area contributed by atoms with Gasteiger partial charge < -0.3 is 15.2 Å². The minimum Gasteiger partial charge on any atom is -0.472 e. The molecule has 2 N–H and O–H groups in total. The Labute approximate surface area is 195 Å². The molecule has 174 valence electrons. The maximum absolute atomic E-state index is 14.6. The van der Waals surface area contributed by atoms with Crippen molar-refractivity contribution in [3.05, 3.63) is 80.1 Å². The molecule has 1 heterocycles. The third-order valence-corrected chi connectivity index (χ3v) is 5.22. The zero-order valence-corrected chi connectivity index (χ0v) is 19.3. The van der Waals surface area contributed by atoms with Gasteiger partial charge in [0, 0.05) is 17.3 Å². The third-order valence-electron chi connectivity index (χ3n) is 4.55. The SMILES string of the molecule is Cc1nc(OCc2ccc(F)cc2F)c(Br)c(=O)n1-c1cc(NC(=O)C(C)(C)O)ccc1F. The van der Waals surface area contributed by atoms with E-state index in [0.717, 1.165) is 16.7 Å². The molecular formula is C22H19BrF3N3O4. The van der Waals surface area contributed by atoms with E-state index in [9.17, 15) is 27.9 Å². The van der Waals surface area contributed by atoms with Crippen LogP contribution in [-0.2, 0) is 11.4 Å². The summed E-state index contributed by atoms with van der Waals surface area (Å²) < 4.78 is 47.7. The van der Waals surface area contributed by atoms with Crippen LogP contribution in [0.2, 0.25) is 0 Å². The number of aryl methyl sites for hydroxylation is 1. The van der Waals surface area contributed by atoms with Gasteiger partial charge in [0.05, 0.1) is 5.69 Å². The second-order valence-corrected chi connectivity index (χ2v) is 8.42. The summed E-state index contributed by atoms with van der Waals surface area (Å²) in [6, 6.07) is 6.53. The summed E-state index contributed by atoms with van der Waals surface area (Å²) in [5, 5.41) is 12.2. The van der Waals surface area contributed by atoms with E-state index in [1.165, 1.54) is 39.0 Å². The summed E-state index contributed by atoms with van der Waals surface area (Å²) >= 11 is 3.08. The van der Waals surface area contributed by atoms with Crippen LogP contribution in [0.4, 0.5) is 18.9 Å². The number of nitrogens with one attached hydrogen (secondary N) is 1. The summed E-state index contributed by atoms with van der Waals surface area (Å²) in [4.78, 5) is 29.1. The number of amides is 1. The second kappa shape index (κ2) is 9.36. The number of carbonyl (C=O) groups excluding carboxylic acids is 1. The molecule has 33 heavy (non-hydrogen) atoms. The lowest BCUT2D eigenvalue weighted by Crippen LogP contribution is -2.36. The number of nitrogens with zero attached hydrogens (tertiary/aromatic N) is 2. The Morgan fingerprint density at radius 2 is 1.88 bits per heavy atom. The Bertz CT molecular complexity index is 1290. The van der Waals surface area contributed by atoms with E-state index < -0.39 is 34.5 Å². The zero-order valence-electron chi connectivity index (χ0n) is 17.7. The van der Waals surface area contributed by atoms with Gasteiger partial charge >= 0.3 is 0 Å². The van der Waals surface area contributed by atoms with Gasteiger partial charge in [0.15, 0.2) is 0 Å². The molecule has 3 aromatic rings. The largest absolute Gasteiger partial charge is 0.472 e. The van der Waals surface area contributed by atoms with E-state index in [-0.39, 0.29) is 39.7 Å². The number of carbonyl (C=O) groups is 1. The van der Waals surface area contributed by atoms with Gasteiger partial charge in [0.1, 0.15) is 40.0 Å². The Hall–Kier alpha value is -3.18. The summed E-state index contributed by atoms with van der Waals surface area (Å²) in [6.07, 6.45) is 0. The van der Waals surface area contributed by atoms with E-state index in [2.05, 4.69) is 26.2 Å². The van der Waals surface area contributed by atoms with Crippen molar-refractivity contribution in [3.63, 3.8) is 0 Å².